The summed E-state index contributed by atoms with van der Waals surface area (Å²) in [5.41, 5.74) is 0. The summed E-state index contributed by atoms with van der Waals surface area (Å²) in [5, 5.41) is 8.83. The van der Waals surface area contributed by atoms with Gasteiger partial charge in [0.25, 0.3) is 0 Å². The average molecular weight is 258 g/mol. The summed E-state index contributed by atoms with van der Waals surface area (Å²) in [4.78, 5) is 26.1. The minimum absolute atomic E-state index is 0.116. The number of hydrogen-bond acceptors (Lipinski definition) is 3. The third-order valence-corrected chi connectivity index (χ3v) is 3.13. The number of ether oxygens (including phenoxy) is 1. The SMILES string of the molecule is COCC1CCN(C(=O)N(CC(=O)O)C(C)C)C1. The number of carbonyl (C=O) groups is 2. The number of amides is 2. The maximum absolute atomic E-state index is 12.2. The highest BCUT2D eigenvalue weighted by molar-refractivity contribution is 5.80. The van der Waals surface area contributed by atoms with Crippen molar-refractivity contribution in [1.82, 2.24) is 9.80 Å². The normalized spacial score (nSPS) is 19.3. The number of carbonyl (C=O) groups excluding carboxylic acids is 1. The van der Waals surface area contributed by atoms with Crippen LogP contribution in [0, 0.1) is 5.92 Å². The molecule has 0 bridgehead atoms. The van der Waals surface area contributed by atoms with Crippen molar-refractivity contribution in [3.63, 3.8) is 0 Å². The third-order valence-electron chi connectivity index (χ3n) is 3.13. The zero-order valence-corrected chi connectivity index (χ0v) is 11.3. The van der Waals surface area contributed by atoms with Crippen LogP contribution in [0.5, 0.6) is 0 Å². The average Bonchev–Trinajstić information content (AvgIpc) is 2.73. The Morgan fingerprint density at radius 1 is 1.50 bits per heavy atom. The molecule has 0 aromatic carbocycles. The molecular formula is C12H22N2O4. The summed E-state index contributed by atoms with van der Waals surface area (Å²) in [6.45, 7) is 5.37. The molecule has 1 fully saturated rings. The molecule has 1 N–H and O–H groups in total. The van der Waals surface area contributed by atoms with Gasteiger partial charge in [0.1, 0.15) is 6.54 Å². The van der Waals surface area contributed by atoms with E-state index in [1.54, 1.807) is 12.0 Å². The number of likely N-dealkylation sites (tertiary alicyclic amines) is 1. The monoisotopic (exact) mass is 258 g/mol. The Kier molecular flexibility index (Phi) is 5.40. The van der Waals surface area contributed by atoms with Crippen molar-refractivity contribution in [3.05, 3.63) is 0 Å². The number of methoxy groups -OCH3 is 1. The molecule has 0 radical (unpaired) electrons. The van der Waals surface area contributed by atoms with E-state index in [9.17, 15) is 9.59 Å². The van der Waals surface area contributed by atoms with E-state index >= 15 is 0 Å². The number of aliphatic carboxylic acids is 1. The van der Waals surface area contributed by atoms with Gasteiger partial charge in [-0.25, -0.2) is 4.79 Å². The second kappa shape index (κ2) is 6.58. The predicted molar refractivity (Wildman–Crippen MR) is 66.4 cm³/mol. The molecule has 6 nitrogen and oxygen atoms in total. The molecule has 1 heterocycles. The van der Waals surface area contributed by atoms with Gasteiger partial charge in [0.2, 0.25) is 0 Å². The van der Waals surface area contributed by atoms with Gasteiger partial charge in [0.05, 0.1) is 6.61 Å². The van der Waals surface area contributed by atoms with Crippen LogP contribution in [0.2, 0.25) is 0 Å². The molecule has 1 aliphatic heterocycles. The van der Waals surface area contributed by atoms with Gasteiger partial charge in [-0.05, 0) is 20.3 Å². The fourth-order valence-corrected chi connectivity index (χ4v) is 2.18. The maximum atomic E-state index is 12.2. The van der Waals surface area contributed by atoms with Crippen molar-refractivity contribution in [1.29, 1.82) is 0 Å². The lowest BCUT2D eigenvalue weighted by molar-refractivity contribution is -0.138. The van der Waals surface area contributed by atoms with E-state index in [2.05, 4.69) is 0 Å². The molecule has 1 rings (SSSR count). The lowest BCUT2D eigenvalue weighted by Crippen LogP contribution is -2.47. The van der Waals surface area contributed by atoms with E-state index in [1.807, 2.05) is 13.8 Å². The van der Waals surface area contributed by atoms with Crippen LogP contribution in [0.3, 0.4) is 0 Å². The molecule has 2 amide bonds. The van der Waals surface area contributed by atoms with Crippen LogP contribution in [0.15, 0.2) is 0 Å². The van der Waals surface area contributed by atoms with E-state index in [0.29, 0.717) is 25.6 Å². The molecule has 104 valence electrons. The topological polar surface area (TPSA) is 70.1 Å². The highest BCUT2D eigenvalue weighted by Crippen LogP contribution is 2.18. The summed E-state index contributed by atoms with van der Waals surface area (Å²) in [6.07, 6.45) is 0.915. The highest BCUT2D eigenvalue weighted by Gasteiger charge is 2.31. The Hall–Kier alpha value is -1.30. The standard InChI is InChI=1S/C12H22N2O4/c1-9(2)14(7-11(15)16)12(17)13-5-4-10(6-13)8-18-3/h9-10H,4-8H2,1-3H3,(H,15,16). The fourth-order valence-electron chi connectivity index (χ4n) is 2.18. The van der Waals surface area contributed by atoms with Crippen molar-refractivity contribution >= 4 is 12.0 Å². The molecule has 1 aliphatic rings. The van der Waals surface area contributed by atoms with Gasteiger partial charge in [0.15, 0.2) is 0 Å². The summed E-state index contributed by atoms with van der Waals surface area (Å²) in [5.74, 6) is -0.623. The van der Waals surface area contributed by atoms with Crippen molar-refractivity contribution in [3.8, 4) is 0 Å². The number of rotatable bonds is 5. The second-order valence-electron chi connectivity index (χ2n) is 4.95. The van der Waals surface area contributed by atoms with Crippen molar-refractivity contribution in [2.75, 3.05) is 33.4 Å². The van der Waals surface area contributed by atoms with Crippen LogP contribution in [-0.4, -0.2) is 66.3 Å². The number of urea groups is 1. The van der Waals surface area contributed by atoms with Gasteiger partial charge < -0.3 is 19.6 Å². The fraction of sp³-hybridized carbons (Fsp3) is 0.833. The first-order valence-electron chi connectivity index (χ1n) is 6.22. The van der Waals surface area contributed by atoms with Crippen LogP contribution in [0.1, 0.15) is 20.3 Å². The van der Waals surface area contributed by atoms with Gasteiger partial charge in [0, 0.05) is 32.2 Å². The Morgan fingerprint density at radius 3 is 2.67 bits per heavy atom. The number of hydrogen-bond donors (Lipinski definition) is 1. The zero-order valence-electron chi connectivity index (χ0n) is 11.3. The summed E-state index contributed by atoms with van der Waals surface area (Å²) < 4.78 is 5.08. The molecule has 0 aromatic rings. The van der Waals surface area contributed by atoms with E-state index in [1.165, 1.54) is 4.90 Å². The van der Waals surface area contributed by atoms with Crippen LogP contribution >= 0.6 is 0 Å². The largest absolute Gasteiger partial charge is 0.480 e. The molecule has 0 aromatic heterocycles. The first kappa shape index (κ1) is 14.8. The Balaban J connectivity index is 2.59. The highest BCUT2D eigenvalue weighted by atomic mass is 16.5. The Morgan fingerprint density at radius 2 is 2.17 bits per heavy atom. The van der Waals surface area contributed by atoms with Gasteiger partial charge in [-0.15, -0.1) is 0 Å². The van der Waals surface area contributed by atoms with Crippen LogP contribution in [-0.2, 0) is 9.53 Å². The smallest absolute Gasteiger partial charge is 0.323 e. The molecule has 6 heteroatoms. The van der Waals surface area contributed by atoms with Crippen molar-refractivity contribution in [2.24, 2.45) is 5.92 Å². The van der Waals surface area contributed by atoms with Gasteiger partial charge in [-0.1, -0.05) is 0 Å². The summed E-state index contributed by atoms with van der Waals surface area (Å²) >= 11 is 0. The minimum Gasteiger partial charge on any atom is -0.480 e. The molecule has 0 aliphatic carbocycles. The van der Waals surface area contributed by atoms with Gasteiger partial charge in [-0.3, -0.25) is 4.79 Å². The number of carboxylic acid groups (broad SMARTS) is 1. The molecule has 18 heavy (non-hydrogen) atoms. The van der Waals surface area contributed by atoms with Crippen molar-refractivity contribution in [2.45, 2.75) is 26.3 Å². The van der Waals surface area contributed by atoms with E-state index in [-0.39, 0.29) is 18.6 Å². The van der Waals surface area contributed by atoms with E-state index in [4.69, 9.17) is 9.84 Å². The lowest BCUT2D eigenvalue weighted by atomic mass is 10.1. The van der Waals surface area contributed by atoms with E-state index < -0.39 is 5.97 Å². The van der Waals surface area contributed by atoms with E-state index in [0.717, 1.165) is 6.42 Å². The number of nitrogens with zero attached hydrogens (tertiary/aromatic N) is 2. The molecule has 1 saturated heterocycles. The predicted octanol–water partition coefficient (Wildman–Crippen LogP) is 0.870. The maximum Gasteiger partial charge on any atom is 0.323 e. The second-order valence-corrected chi connectivity index (χ2v) is 4.95. The Bertz CT molecular complexity index is 306. The van der Waals surface area contributed by atoms with Gasteiger partial charge in [-0.2, -0.15) is 0 Å². The molecule has 0 saturated carbocycles. The van der Waals surface area contributed by atoms with Crippen molar-refractivity contribution < 1.29 is 19.4 Å². The number of carboxylic acids is 1. The third kappa shape index (κ3) is 3.87. The molecular weight excluding hydrogens is 236 g/mol. The molecule has 1 unspecified atom stereocenters. The lowest BCUT2D eigenvalue weighted by Gasteiger charge is -2.29. The minimum atomic E-state index is -0.982. The summed E-state index contributed by atoms with van der Waals surface area (Å²) in [6, 6.07) is -0.305. The summed E-state index contributed by atoms with van der Waals surface area (Å²) in [7, 11) is 1.65. The van der Waals surface area contributed by atoms with Gasteiger partial charge >= 0.3 is 12.0 Å². The molecule has 1 atom stereocenters. The first-order chi connectivity index (χ1) is 8.45. The first-order valence-corrected chi connectivity index (χ1v) is 6.22. The quantitative estimate of drug-likeness (QED) is 0.794. The van der Waals surface area contributed by atoms with Crippen LogP contribution in [0.4, 0.5) is 4.79 Å². The van der Waals surface area contributed by atoms with Crippen LogP contribution < -0.4 is 0 Å². The molecule has 0 spiro atoms. The zero-order chi connectivity index (χ0) is 13.7. The Labute approximate surface area is 107 Å². The van der Waals surface area contributed by atoms with Crippen LogP contribution in [0.25, 0.3) is 0 Å².